The maximum absolute atomic E-state index is 12.4. The molecule has 0 spiro atoms. The van der Waals surface area contributed by atoms with Crippen LogP contribution in [-0.2, 0) is 4.74 Å². The Morgan fingerprint density at radius 2 is 1.59 bits per heavy atom. The largest absolute Gasteiger partial charge is 0.396 e. The predicted molar refractivity (Wildman–Crippen MR) is 134 cm³/mol. The van der Waals surface area contributed by atoms with Gasteiger partial charge < -0.3 is 46.0 Å². The molecule has 1 saturated carbocycles. The zero-order chi connectivity index (χ0) is 26.9. The molecule has 0 heterocycles. The lowest BCUT2D eigenvalue weighted by Gasteiger charge is -2.40. The van der Waals surface area contributed by atoms with Crippen molar-refractivity contribution in [3.63, 3.8) is 0 Å². The number of amides is 2. The van der Waals surface area contributed by atoms with Crippen LogP contribution in [0.1, 0.15) is 61.3 Å². The summed E-state index contributed by atoms with van der Waals surface area (Å²) in [7, 11) is 0. The van der Waals surface area contributed by atoms with Gasteiger partial charge in [-0.25, -0.2) is 4.79 Å². The zero-order valence-corrected chi connectivity index (χ0v) is 22.5. The van der Waals surface area contributed by atoms with Crippen LogP contribution in [0.5, 0.6) is 0 Å². The lowest BCUT2D eigenvalue weighted by atomic mass is 9.81. The van der Waals surface area contributed by atoms with Crippen LogP contribution in [0.3, 0.4) is 0 Å². The Labute approximate surface area is 209 Å². The fourth-order valence-corrected chi connectivity index (χ4v) is 3.40. The second-order valence-corrected chi connectivity index (χ2v) is 11.6. The lowest BCUT2D eigenvalue weighted by Crippen LogP contribution is -2.58. The quantitative estimate of drug-likeness (QED) is 0.205. The van der Waals surface area contributed by atoms with E-state index in [0.717, 1.165) is 5.75 Å². The van der Waals surface area contributed by atoms with Crippen LogP contribution in [0.2, 0.25) is 0 Å². The highest BCUT2D eigenvalue weighted by molar-refractivity contribution is 7.80. The van der Waals surface area contributed by atoms with Gasteiger partial charge in [-0.15, -0.1) is 0 Å². The summed E-state index contributed by atoms with van der Waals surface area (Å²) in [5, 5.41) is 66.0. The van der Waals surface area contributed by atoms with E-state index >= 15 is 0 Å². The number of rotatable bonds is 8. The molecule has 34 heavy (non-hydrogen) atoms. The second-order valence-electron chi connectivity index (χ2n) is 11.0. The van der Waals surface area contributed by atoms with Crippen LogP contribution in [0.15, 0.2) is 0 Å². The van der Waals surface area contributed by atoms with Gasteiger partial charge in [0.2, 0.25) is 0 Å². The minimum Gasteiger partial charge on any atom is -0.396 e. The third-order valence-electron chi connectivity index (χ3n) is 5.56. The number of hydrogen-bond donors (Lipinski definition) is 9. The van der Waals surface area contributed by atoms with E-state index in [1.165, 1.54) is 0 Å². The number of hydrogen-bond acceptors (Lipinski definition) is 9. The molecule has 1 aliphatic rings. The first kappa shape index (κ1) is 33.3. The van der Waals surface area contributed by atoms with Crippen LogP contribution >= 0.6 is 12.6 Å². The molecular formula is C23H48N2O8S. The summed E-state index contributed by atoms with van der Waals surface area (Å²) in [4.78, 5) is 12.4. The minimum atomic E-state index is -1.49. The lowest BCUT2D eigenvalue weighted by molar-refractivity contribution is -0.181. The summed E-state index contributed by atoms with van der Waals surface area (Å²) >= 11 is 3.79. The first-order chi connectivity index (χ1) is 15.5. The average Bonchev–Trinajstić information content (AvgIpc) is 2.69. The Morgan fingerprint density at radius 3 is 2.03 bits per heavy atom. The van der Waals surface area contributed by atoms with Crippen LogP contribution in [0.4, 0.5) is 4.79 Å². The van der Waals surface area contributed by atoms with E-state index in [2.05, 4.69) is 23.3 Å². The molecule has 8 unspecified atom stereocenters. The van der Waals surface area contributed by atoms with Gasteiger partial charge in [0.25, 0.3) is 0 Å². The van der Waals surface area contributed by atoms with Crippen molar-refractivity contribution in [2.75, 3.05) is 19.0 Å². The maximum atomic E-state index is 12.4. The molecule has 0 aliphatic heterocycles. The van der Waals surface area contributed by atoms with Gasteiger partial charge in [0, 0.05) is 24.5 Å². The van der Waals surface area contributed by atoms with E-state index in [9.17, 15) is 35.4 Å². The molecule has 8 atom stereocenters. The molecule has 11 heteroatoms. The molecule has 1 rings (SSSR count). The summed E-state index contributed by atoms with van der Waals surface area (Å²) in [6.07, 6.45) is -6.97. The molecule has 2 amide bonds. The first-order valence-corrected chi connectivity index (χ1v) is 12.4. The molecule has 0 radical (unpaired) electrons. The normalized spacial score (nSPS) is 28.2. The fourth-order valence-electron chi connectivity index (χ4n) is 3.40. The Bertz CT molecular complexity index is 582. The number of aliphatic hydroxyl groups is 6. The minimum absolute atomic E-state index is 0.0127. The zero-order valence-electron chi connectivity index (χ0n) is 21.6. The van der Waals surface area contributed by atoms with Crippen molar-refractivity contribution in [1.82, 2.24) is 10.6 Å². The van der Waals surface area contributed by atoms with Crippen LogP contribution in [0, 0.1) is 11.3 Å². The average molecular weight is 513 g/mol. The number of urea groups is 1. The standard InChI is InChI=1S/C21H42N2O8.C2H6S/c1-20(2,3)15(26)8-13(25)12(22-19(30)23-21(4,5)6)10-31-14-7-11(9-24)16(27)18(29)17(14)28;1-2-3/h11-18,24-29H,7-10H2,1-6H3,(H2,22,23,30);3H,2H2,1H3. The molecule has 0 aromatic rings. The Kier molecular flexibility index (Phi) is 14.5. The Hall–Kier alpha value is -0.660. The topological polar surface area (TPSA) is 172 Å². The van der Waals surface area contributed by atoms with E-state index in [1.54, 1.807) is 20.8 Å². The van der Waals surface area contributed by atoms with Crippen molar-refractivity contribution in [1.29, 1.82) is 0 Å². The number of nitrogens with one attached hydrogen (secondary N) is 2. The van der Waals surface area contributed by atoms with E-state index in [4.69, 9.17) is 4.74 Å². The molecule has 8 N–H and O–H groups in total. The molecule has 10 nitrogen and oxygen atoms in total. The van der Waals surface area contributed by atoms with Crippen molar-refractivity contribution in [3.05, 3.63) is 0 Å². The van der Waals surface area contributed by atoms with Gasteiger partial charge in [0.05, 0.1) is 37.1 Å². The molecule has 204 valence electrons. The molecule has 0 saturated heterocycles. The third-order valence-corrected chi connectivity index (χ3v) is 5.56. The van der Waals surface area contributed by atoms with Gasteiger partial charge in [-0.05, 0) is 38.4 Å². The number of carbonyl (C=O) groups excluding carboxylic acids is 1. The highest BCUT2D eigenvalue weighted by atomic mass is 32.1. The van der Waals surface area contributed by atoms with Crippen molar-refractivity contribution in [3.8, 4) is 0 Å². The molecule has 0 aromatic carbocycles. The Morgan fingerprint density at radius 1 is 1.06 bits per heavy atom. The van der Waals surface area contributed by atoms with Gasteiger partial charge in [-0.1, -0.05) is 27.7 Å². The van der Waals surface area contributed by atoms with E-state index in [-0.39, 0.29) is 26.1 Å². The van der Waals surface area contributed by atoms with Crippen molar-refractivity contribution in [2.24, 2.45) is 11.3 Å². The van der Waals surface area contributed by atoms with Crippen molar-refractivity contribution >= 4 is 18.7 Å². The van der Waals surface area contributed by atoms with Gasteiger partial charge in [0.15, 0.2) is 0 Å². The summed E-state index contributed by atoms with van der Waals surface area (Å²) in [6.45, 7) is 12.3. The highest BCUT2D eigenvalue weighted by Gasteiger charge is 2.43. The number of thiol groups is 1. The third kappa shape index (κ3) is 11.9. The van der Waals surface area contributed by atoms with E-state index < -0.39 is 65.6 Å². The van der Waals surface area contributed by atoms with Crippen molar-refractivity contribution in [2.45, 2.75) is 110 Å². The second kappa shape index (κ2) is 14.8. The van der Waals surface area contributed by atoms with Crippen LogP contribution in [-0.4, -0.2) is 104 Å². The summed E-state index contributed by atoms with van der Waals surface area (Å²) in [5.74, 6) is 0.270. The Balaban J connectivity index is 0.00000343. The van der Waals surface area contributed by atoms with E-state index in [1.807, 2.05) is 27.7 Å². The van der Waals surface area contributed by atoms with Crippen LogP contribution < -0.4 is 10.6 Å². The van der Waals surface area contributed by atoms with Gasteiger partial charge >= 0.3 is 6.03 Å². The molecule has 1 fully saturated rings. The summed E-state index contributed by atoms with van der Waals surface area (Å²) < 4.78 is 5.71. The number of carbonyl (C=O) groups is 1. The first-order valence-electron chi connectivity index (χ1n) is 11.8. The maximum Gasteiger partial charge on any atom is 0.315 e. The number of ether oxygens (including phenoxy) is 1. The predicted octanol–water partition coefficient (Wildman–Crippen LogP) is 0.0269. The van der Waals surface area contributed by atoms with Gasteiger partial charge in [0.1, 0.15) is 12.2 Å². The van der Waals surface area contributed by atoms with Crippen LogP contribution in [0.25, 0.3) is 0 Å². The highest BCUT2D eigenvalue weighted by Crippen LogP contribution is 2.28. The molecule has 0 bridgehead atoms. The summed E-state index contributed by atoms with van der Waals surface area (Å²) in [6, 6.07) is -1.44. The van der Waals surface area contributed by atoms with Gasteiger partial charge in [-0.3, -0.25) is 0 Å². The fraction of sp³-hybridized carbons (Fsp3) is 0.957. The molecule has 1 aliphatic carbocycles. The summed E-state index contributed by atoms with van der Waals surface area (Å²) in [5.41, 5.74) is -0.992. The smallest absolute Gasteiger partial charge is 0.315 e. The SMILES string of the molecule is CC(C)(C)NC(=O)NC(COC1CC(CO)C(O)C(O)C1O)C(O)CC(O)C(C)(C)C.CCS. The van der Waals surface area contributed by atoms with E-state index in [0.29, 0.717) is 0 Å². The van der Waals surface area contributed by atoms with Crippen molar-refractivity contribution < 1.29 is 40.2 Å². The van der Waals surface area contributed by atoms with Gasteiger partial charge in [-0.2, -0.15) is 12.6 Å². The molecular weight excluding hydrogens is 464 g/mol. The monoisotopic (exact) mass is 512 g/mol. The number of aliphatic hydroxyl groups excluding tert-OH is 6. The molecule has 0 aromatic heterocycles.